The summed E-state index contributed by atoms with van der Waals surface area (Å²) in [5.41, 5.74) is 2.14. The van der Waals surface area contributed by atoms with Gasteiger partial charge in [-0.2, -0.15) is 0 Å². The summed E-state index contributed by atoms with van der Waals surface area (Å²) >= 11 is 0. The van der Waals surface area contributed by atoms with E-state index < -0.39 is 7.87 Å². The third-order valence-corrected chi connectivity index (χ3v) is 7.26. The highest BCUT2D eigenvalue weighted by molar-refractivity contribution is 7.69. The maximum Gasteiger partial charge on any atom is 0.209 e. The molecule has 3 unspecified atom stereocenters. The van der Waals surface area contributed by atoms with Crippen LogP contribution in [-0.4, -0.2) is 11.7 Å². The molecule has 1 heterocycles. The third-order valence-electron chi connectivity index (χ3n) is 4.71. The van der Waals surface area contributed by atoms with E-state index in [1.54, 1.807) is 0 Å². The van der Waals surface area contributed by atoms with Crippen molar-refractivity contribution in [3.63, 3.8) is 0 Å². The van der Waals surface area contributed by atoms with Crippen molar-refractivity contribution >= 4 is 13.2 Å². The van der Waals surface area contributed by atoms with Gasteiger partial charge in [-0.15, -0.1) is 4.67 Å². The van der Waals surface area contributed by atoms with Gasteiger partial charge < -0.3 is 4.89 Å². The molecule has 0 spiro atoms. The van der Waals surface area contributed by atoms with Gasteiger partial charge in [-0.3, -0.25) is 0 Å². The van der Waals surface area contributed by atoms with Gasteiger partial charge in [0.1, 0.15) is 11.3 Å². The topological polar surface area (TPSA) is 35.5 Å². The molecule has 0 saturated carbocycles. The smallest absolute Gasteiger partial charge is 0.209 e. The van der Waals surface area contributed by atoms with E-state index in [4.69, 9.17) is 4.52 Å². The highest BCUT2D eigenvalue weighted by atomic mass is 31.2. The van der Waals surface area contributed by atoms with Gasteiger partial charge >= 0.3 is 0 Å². The molecule has 3 aromatic carbocycles. The Kier molecular flexibility index (Phi) is 4.41. The minimum absolute atomic E-state index is 0.102. The van der Waals surface area contributed by atoms with Crippen LogP contribution in [0.2, 0.25) is 0 Å². The summed E-state index contributed by atoms with van der Waals surface area (Å²) < 4.78 is 8.19. The van der Waals surface area contributed by atoms with Gasteiger partial charge in [0.2, 0.25) is 7.87 Å². The van der Waals surface area contributed by atoms with Crippen LogP contribution in [0.5, 0.6) is 0 Å². The maximum atomic E-state index is 13.8. The van der Waals surface area contributed by atoms with Gasteiger partial charge in [-0.1, -0.05) is 78.9 Å². The monoisotopic (exact) mass is 349 g/mol. The largest absolute Gasteiger partial charge is 0.637 e. The molecule has 1 fully saturated rings. The van der Waals surface area contributed by atoms with E-state index in [1.807, 2.05) is 90.6 Å². The SMILES string of the molecule is CN1C(c2ccccc2)C(c2ccccc2)O[P+]1([O-])c1ccccc1. The van der Waals surface area contributed by atoms with Crippen molar-refractivity contribution in [1.82, 2.24) is 4.67 Å². The van der Waals surface area contributed by atoms with Crippen molar-refractivity contribution in [1.29, 1.82) is 0 Å². The summed E-state index contributed by atoms with van der Waals surface area (Å²) in [5.74, 6) is 0. The van der Waals surface area contributed by atoms with Gasteiger partial charge in [0.25, 0.3) is 0 Å². The molecule has 0 bridgehead atoms. The standard InChI is InChI=1S/C21H20NO2P/c1-22-20(17-11-5-2-6-12-17)21(18-13-7-3-8-14-18)24-25(22,23)19-15-9-4-10-16-19/h2-16,20-21H,1H3. The molecule has 0 N–H and O–H groups in total. The Labute approximate surface area is 149 Å². The van der Waals surface area contributed by atoms with Crippen LogP contribution in [0.3, 0.4) is 0 Å². The Morgan fingerprint density at radius 3 is 1.80 bits per heavy atom. The number of likely N-dealkylation sites (N-methyl/N-ethyl adjacent to an activating group) is 1. The van der Waals surface area contributed by atoms with Gasteiger partial charge in [-0.25, -0.2) is 4.52 Å². The van der Waals surface area contributed by atoms with E-state index in [2.05, 4.69) is 12.1 Å². The summed E-state index contributed by atoms with van der Waals surface area (Å²) in [5, 5.41) is 0.733. The zero-order chi connectivity index (χ0) is 17.3. The first-order valence-electron chi connectivity index (χ1n) is 8.37. The molecule has 0 amide bonds. The molecular formula is C21H20NO2P. The van der Waals surface area contributed by atoms with Crippen molar-refractivity contribution in [3.8, 4) is 0 Å². The molecular weight excluding hydrogens is 329 g/mol. The highest BCUT2D eigenvalue weighted by Gasteiger charge is 2.54. The van der Waals surface area contributed by atoms with E-state index in [0.717, 1.165) is 16.4 Å². The van der Waals surface area contributed by atoms with E-state index in [0.29, 0.717) is 0 Å². The van der Waals surface area contributed by atoms with E-state index >= 15 is 0 Å². The van der Waals surface area contributed by atoms with Crippen molar-refractivity contribution in [2.45, 2.75) is 12.1 Å². The van der Waals surface area contributed by atoms with Crippen LogP contribution in [0, 0.1) is 0 Å². The predicted molar refractivity (Wildman–Crippen MR) is 100 cm³/mol. The molecule has 0 aromatic heterocycles. The Morgan fingerprint density at radius 2 is 1.24 bits per heavy atom. The summed E-state index contributed by atoms with van der Waals surface area (Å²) in [6.45, 7) is 0. The second kappa shape index (κ2) is 6.70. The molecule has 1 saturated heterocycles. The Balaban J connectivity index is 1.82. The lowest BCUT2D eigenvalue weighted by Crippen LogP contribution is -2.32. The first-order valence-corrected chi connectivity index (χ1v) is 9.95. The quantitative estimate of drug-likeness (QED) is 0.673. The average Bonchev–Trinajstić information content (AvgIpc) is 2.96. The fraction of sp³-hybridized carbons (Fsp3) is 0.143. The molecule has 4 heteroatoms. The average molecular weight is 349 g/mol. The molecule has 0 radical (unpaired) electrons. The molecule has 3 atom stereocenters. The third kappa shape index (κ3) is 2.90. The van der Waals surface area contributed by atoms with Crippen molar-refractivity contribution in [3.05, 3.63) is 102 Å². The Hall–Kier alpha value is -2.03. The van der Waals surface area contributed by atoms with Crippen LogP contribution in [0.1, 0.15) is 23.3 Å². The van der Waals surface area contributed by atoms with E-state index in [9.17, 15) is 4.89 Å². The van der Waals surface area contributed by atoms with Crippen LogP contribution in [0.15, 0.2) is 91.0 Å². The van der Waals surface area contributed by atoms with Gasteiger partial charge in [0.15, 0.2) is 6.10 Å². The summed E-state index contributed by atoms with van der Waals surface area (Å²) in [6.07, 6.45) is -0.278. The molecule has 1 aliphatic rings. The number of benzene rings is 3. The van der Waals surface area contributed by atoms with Crippen molar-refractivity contribution in [2.24, 2.45) is 0 Å². The second-order valence-electron chi connectivity index (χ2n) is 6.22. The zero-order valence-electron chi connectivity index (χ0n) is 14.0. The van der Waals surface area contributed by atoms with Crippen LogP contribution in [0.4, 0.5) is 0 Å². The molecule has 3 nitrogen and oxygen atoms in total. The van der Waals surface area contributed by atoms with Crippen LogP contribution < -0.4 is 10.2 Å². The lowest BCUT2D eigenvalue weighted by molar-refractivity contribution is -0.195. The Bertz CT molecular complexity index is 828. The summed E-state index contributed by atoms with van der Waals surface area (Å²) in [6, 6.07) is 29.6. The lowest BCUT2D eigenvalue weighted by Gasteiger charge is -2.30. The molecule has 1 aliphatic heterocycles. The zero-order valence-corrected chi connectivity index (χ0v) is 14.9. The van der Waals surface area contributed by atoms with Crippen LogP contribution in [0.25, 0.3) is 0 Å². The fourth-order valence-electron chi connectivity index (χ4n) is 3.43. The number of hydrogen-bond acceptors (Lipinski definition) is 3. The number of hydrogen-bond donors (Lipinski definition) is 0. The van der Waals surface area contributed by atoms with Gasteiger partial charge in [-0.05, 0) is 23.3 Å². The molecule has 0 aliphatic carbocycles. The number of rotatable bonds is 3. The first-order chi connectivity index (χ1) is 12.2. The normalized spacial score (nSPS) is 26.6. The minimum atomic E-state index is -3.12. The summed E-state index contributed by atoms with van der Waals surface area (Å²) in [7, 11) is -1.23. The van der Waals surface area contributed by atoms with E-state index in [-0.39, 0.29) is 12.1 Å². The lowest BCUT2D eigenvalue weighted by atomic mass is 9.96. The molecule has 4 rings (SSSR count). The van der Waals surface area contributed by atoms with Gasteiger partial charge in [0, 0.05) is 7.05 Å². The van der Waals surface area contributed by atoms with Crippen molar-refractivity contribution < 1.29 is 9.42 Å². The highest BCUT2D eigenvalue weighted by Crippen LogP contribution is 2.68. The van der Waals surface area contributed by atoms with E-state index in [1.165, 1.54) is 0 Å². The van der Waals surface area contributed by atoms with Crippen LogP contribution >= 0.6 is 7.87 Å². The minimum Gasteiger partial charge on any atom is -0.637 e. The van der Waals surface area contributed by atoms with Gasteiger partial charge in [0.05, 0.1) is 0 Å². The predicted octanol–water partition coefficient (Wildman–Crippen LogP) is 3.88. The summed E-state index contributed by atoms with van der Waals surface area (Å²) in [4.78, 5) is 13.8. The molecule has 3 aromatic rings. The second-order valence-corrected chi connectivity index (χ2v) is 8.62. The fourth-order valence-corrected chi connectivity index (χ4v) is 5.74. The Morgan fingerprint density at radius 1 is 0.760 bits per heavy atom. The molecule has 126 valence electrons. The van der Waals surface area contributed by atoms with Crippen molar-refractivity contribution in [2.75, 3.05) is 7.05 Å². The number of nitrogens with zero attached hydrogens (tertiary/aromatic N) is 1. The van der Waals surface area contributed by atoms with Crippen LogP contribution in [-0.2, 0) is 4.52 Å². The molecule has 25 heavy (non-hydrogen) atoms. The maximum absolute atomic E-state index is 13.8. The first kappa shape index (κ1) is 16.4.